The standard InChI is InChI=1S/C17H21NO3/c1-11-7-12(2)9-18(8-11)10-15-16(17(19)20)13-5-3-4-6-14(13)21-15/h3-6,11-12H,7-10H2,1-2H3,(H,19,20). The fourth-order valence-electron chi connectivity index (χ4n) is 3.57. The zero-order valence-corrected chi connectivity index (χ0v) is 12.5. The summed E-state index contributed by atoms with van der Waals surface area (Å²) in [6, 6.07) is 7.35. The van der Waals surface area contributed by atoms with E-state index in [-0.39, 0.29) is 0 Å². The largest absolute Gasteiger partial charge is 0.478 e. The van der Waals surface area contributed by atoms with E-state index in [0.29, 0.717) is 40.7 Å². The second kappa shape index (κ2) is 5.53. The van der Waals surface area contributed by atoms with E-state index in [9.17, 15) is 9.90 Å². The van der Waals surface area contributed by atoms with Gasteiger partial charge in [0.05, 0.1) is 6.54 Å². The molecule has 1 saturated heterocycles. The van der Waals surface area contributed by atoms with E-state index in [1.54, 1.807) is 0 Å². The molecule has 112 valence electrons. The molecule has 1 N–H and O–H groups in total. The average Bonchev–Trinajstić information content (AvgIpc) is 2.75. The molecule has 0 amide bonds. The van der Waals surface area contributed by atoms with Crippen molar-refractivity contribution in [2.45, 2.75) is 26.8 Å². The second-order valence-corrected chi connectivity index (χ2v) is 6.34. The number of benzene rings is 1. The molecule has 2 unspecified atom stereocenters. The number of furan rings is 1. The van der Waals surface area contributed by atoms with Crippen LogP contribution < -0.4 is 0 Å². The Labute approximate surface area is 124 Å². The minimum atomic E-state index is -0.909. The molecule has 0 aliphatic carbocycles. The van der Waals surface area contributed by atoms with Crippen LogP contribution in [0.5, 0.6) is 0 Å². The third-order valence-electron chi connectivity index (χ3n) is 4.19. The van der Waals surface area contributed by atoms with Gasteiger partial charge in [-0.05, 0) is 24.3 Å². The van der Waals surface area contributed by atoms with Gasteiger partial charge in [-0.3, -0.25) is 4.90 Å². The maximum Gasteiger partial charge on any atom is 0.339 e. The predicted molar refractivity (Wildman–Crippen MR) is 81.4 cm³/mol. The fourth-order valence-corrected chi connectivity index (χ4v) is 3.57. The second-order valence-electron chi connectivity index (χ2n) is 6.34. The van der Waals surface area contributed by atoms with Gasteiger partial charge in [-0.15, -0.1) is 0 Å². The summed E-state index contributed by atoms with van der Waals surface area (Å²) in [4.78, 5) is 13.9. The van der Waals surface area contributed by atoms with Crippen molar-refractivity contribution in [2.24, 2.45) is 11.8 Å². The highest BCUT2D eigenvalue weighted by Gasteiger charge is 2.26. The number of hydrogen-bond donors (Lipinski definition) is 1. The molecule has 4 heteroatoms. The predicted octanol–water partition coefficient (Wildman–Crippen LogP) is 3.61. The summed E-state index contributed by atoms with van der Waals surface area (Å²) in [7, 11) is 0. The molecule has 1 aromatic heterocycles. The zero-order chi connectivity index (χ0) is 15.0. The first-order chi connectivity index (χ1) is 10.0. The van der Waals surface area contributed by atoms with E-state index >= 15 is 0 Å². The topological polar surface area (TPSA) is 53.7 Å². The lowest BCUT2D eigenvalue weighted by Gasteiger charge is -2.34. The quantitative estimate of drug-likeness (QED) is 0.937. The molecule has 1 aliphatic heterocycles. The first kappa shape index (κ1) is 14.1. The number of aromatic carboxylic acids is 1. The summed E-state index contributed by atoms with van der Waals surface area (Å²) in [6.07, 6.45) is 1.24. The third-order valence-corrected chi connectivity index (χ3v) is 4.19. The first-order valence-corrected chi connectivity index (χ1v) is 7.50. The maximum absolute atomic E-state index is 11.6. The molecule has 2 atom stereocenters. The van der Waals surface area contributed by atoms with Crippen LogP contribution in [0.25, 0.3) is 11.0 Å². The Bertz CT molecular complexity index is 651. The number of fused-ring (bicyclic) bond motifs is 1. The summed E-state index contributed by atoms with van der Waals surface area (Å²) in [5.74, 6) is 0.955. The Kier molecular flexibility index (Phi) is 3.72. The van der Waals surface area contributed by atoms with Crippen LogP contribution in [0, 0.1) is 11.8 Å². The summed E-state index contributed by atoms with van der Waals surface area (Å²) in [5.41, 5.74) is 0.972. The average molecular weight is 287 g/mol. The van der Waals surface area contributed by atoms with Crippen LogP contribution >= 0.6 is 0 Å². The van der Waals surface area contributed by atoms with Crippen molar-refractivity contribution in [3.63, 3.8) is 0 Å². The smallest absolute Gasteiger partial charge is 0.339 e. The lowest BCUT2D eigenvalue weighted by molar-refractivity contribution is 0.0691. The van der Waals surface area contributed by atoms with Gasteiger partial charge in [0.2, 0.25) is 0 Å². The number of rotatable bonds is 3. The van der Waals surface area contributed by atoms with Crippen LogP contribution in [0.15, 0.2) is 28.7 Å². The molecule has 2 heterocycles. The summed E-state index contributed by atoms with van der Waals surface area (Å²) in [5, 5.41) is 10.2. The summed E-state index contributed by atoms with van der Waals surface area (Å²) >= 11 is 0. The van der Waals surface area contributed by atoms with Gasteiger partial charge in [0.25, 0.3) is 0 Å². The lowest BCUT2D eigenvalue weighted by atomic mass is 9.92. The number of carbonyl (C=O) groups is 1. The number of carboxylic acids is 1. The molecule has 0 saturated carbocycles. The van der Waals surface area contributed by atoms with E-state index in [2.05, 4.69) is 18.7 Å². The number of para-hydroxylation sites is 1. The van der Waals surface area contributed by atoms with Crippen molar-refractivity contribution in [3.8, 4) is 0 Å². The molecule has 21 heavy (non-hydrogen) atoms. The first-order valence-electron chi connectivity index (χ1n) is 7.50. The summed E-state index contributed by atoms with van der Waals surface area (Å²) < 4.78 is 5.81. The van der Waals surface area contributed by atoms with Crippen molar-refractivity contribution in [1.29, 1.82) is 0 Å². The van der Waals surface area contributed by atoms with Gasteiger partial charge in [0.1, 0.15) is 16.9 Å². The molecule has 0 radical (unpaired) electrons. The minimum Gasteiger partial charge on any atom is -0.478 e. The van der Waals surface area contributed by atoms with E-state index in [4.69, 9.17) is 4.42 Å². The van der Waals surface area contributed by atoms with Crippen LogP contribution in [-0.2, 0) is 6.54 Å². The van der Waals surface area contributed by atoms with Crippen molar-refractivity contribution >= 4 is 16.9 Å². The molecular weight excluding hydrogens is 266 g/mol. The Morgan fingerprint density at radius 3 is 2.62 bits per heavy atom. The van der Waals surface area contributed by atoms with Gasteiger partial charge in [-0.1, -0.05) is 32.0 Å². The number of piperidine rings is 1. The van der Waals surface area contributed by atoms with Crippen molar-refractivity contribution in [3.05, 3.63) is 35.6 Å². The Balaban J connectivity index is 1.93. The zero-order valence-electron chi connectivity index (χ0n) is 12.5. The van der Waals surface area contributed by atoms with Gasteiger partial charge in [-0.2, -0.15) is 0 Å². The minimum absolute atomic E-state index is 0.316. The van der Waals surface area contributed by atoms with E-state index in [1.165, 1.54) is 6.42 Å². The van der Waals surface area contributed by atoms with Crippen LogP contribution in [0.3, 0.4) is 0 Å². The van der Waals surface area contributed by atoms with Crippen molar-refractivity contribution < 1.29 is 14.3 Å². The van der Waals surface area contributed by atoms with Crippen molar-refractivity contribution in [1.82, 2.24) is 4.90 Å². The van der Waals surface area contributed by atoms with E-state index in [1.807, 2.05) is 24.3 Å². The van der Waals surface area contributed by atoms with Gasteiger partial charge in [0.15, 0.2) is 0 Å². The Morgan fingerprint density at radius 1 is 1.29 bits per heavy atom. The number of hydrogen-bond acceptors (Lipinski definition) is 3. The summed E-state index contributed by atoms with van der Waals surface area (Å²) in [6.45, 7) is 7.07. The normalized spacial score (nSPS) is 23.5. The van der Waals surface area contributed by atoms with Gasteiger partial charge >= 0.3 is 5.97 Å². The number of carboxylic acid groups (broad SMARTS) is 1. The fraction of sp³-hybridized carbons (Fsp3) is 0.471. The molecule has 0 bridgehead atoms. The van der Waals surface area contributed by atoms with Gasteiger partial charge < -0.3 is 9.52 Å². The SMILES string of the molecule is CC1CC(C)CN(Cc2oc3ccccc3c2C(=O)O)C1. The molecule has 1 fully saturated rings. The highest BCUT2D eigenvalue weighted by atomic mass is 16.4. The monoisotopic (exact) mass is 287 g/mol. The lowest BCUT2D eigenvalue weighted by Crippen LogP contribution is -2.38. The number of nitrogens with zero attached hydrogens (tertiary/aromatic N) is 1. The van der Waals surface area contributed by atoms with Gasteiger partial charge in [-0.25, -0.2) is 4.79 Å². The molecule has 0 spiro atoms. The highest BCUT2D eigenvalue weighted by molar-refractivity contribution is 6.03. The number of likely N-dealkylation sites (tertiary alicyclic amines) is 1. The van der Waals surface area contributed by atoms with E-state index in [0.717, 1.165) is 13.1 Å². The Morgan fingerprint density at radius 2 is 1.95 bits per heavy atom. The highest BCUT2D eigenvalue weighted by Crippen LogP contribution is 2.29. The molecule has 1 aliphatic rings. The van der Waals surface area contributed by atoms with Gasteiger partial charge in [0, 0.05) is 18.5 Å². The maximum atomic E-state index is 11.6. The van der Waals surface area contributed by atoms with Crippen LogP contribution in [0.4, 0.5) is 0 Å². The van der Waals surface area contributed by atoms with Crippen LogP contribution in [0.1, 0.15) is 36.4 Å². The van der Waals surface area contributed by atoms with E-state index < -0.39 is 5.97 Å². The van der Waals surface area contributed by atoms with Crippen LogP contribution in [-0.4, -0.2) is 29.1 Å². The Hall–Kier alpha value is -1.81. The molecule has 2 aromatic rings. The molecule has 1 aromatic carbocycles. The molecule has 3 rings (SSSR count). The molecular formula is C17H21NO3. The third kappa shape index (κ3) is 2.81. The molecule has 4 nitrogen and oxygen atoms in total. The van der Waals surface area contributed by atoms with Crippen LogP contribution in [0.2, 0.25) is 0 Å². The van der Waals surface area contributed by atoms with Crippen molar-refractivity contribution in [2.75, 3.05) is 13.1 Å².